The molecule has 0 spiro atoms. The predicted molar refractivity (Wildman–Crippen MR) is 237 cm³/mol. The third-order valence-corrected chi connectivity index (χ3v) is 10.9. The average molecular weight is 827 g/mol. The van der Waals surface area contributed by atoms with Gasteiger partial charge in [0.15, 0.2) is 0 Å². The number of halogens is 1. The van der Waals surface area contributed by atoms with Crippen molar-refractivity contribution in [3.63, 3.8) is 0 Å². The smallest absolute Gasteiger partial charge is 0.136 e. The average Bonchev–Trinajstić information content (AvgIpc) is 3.32. The zero-order valence-corrected chi connectivity index (χ0v) is 34.5. The van der Waals surface area contributed by atoms with Gasteiger partial charge in [0.25, 0.3) is 0 Å². The molecule has 1 fully saturated rings. The van der Waals surface area contributed by atoms with Crippen LogP contribution in [-0.2, 0) is 56.5 Å². The highest BCUT2D eigenvalue weighted by Crippen LogP contribution is 2.40. The number of ether oxygens (including phenoxy) is 5. The SMILES string of the molecule is Clc1ccc(C2OC(COCc3ccccc3)C(OCc3ccccc3)C(OCc3ccccc3)C2OCc2ccccc2)cc1Cc1ccc(C#Cc2ccccc2)nn1. The van der Waals surface area contributed by atoms with Gasteiger partial charge in [-0.25, -0.2) is 0 Å². The number of nitrogens with zero attached hydrogens (tertiary/aromatic N) is 2. The van der Waals surface area contributed by atoms with E-state index in [4.69, 9.17) is 35.3 Å². The molecule has 1 saturated heterocycles. The van der Waals surface area contributed by atoms with Crippen molar-refractivity contribution in [2.24, 2.45) is 0 Å². The van der Waals surface area contributed by atoms with E-state index in [1.165, 1.54) is 0 Å². The van der Waals surface area contributed by atoms with Crippen molar-refractivity contribution in [2.45, 2.75) is 63.4 Å². The Hall–Kier alpha value is -5.95. The fourth-order valence-corrected chi connectivity index (χ4v) is 7.52. The molecule has 1 aliphatic rings. The van der Waals surface area contributed by atoms with Crippen LogP contribution in [0.5, 0.6) is 0 Å². The molecule has 7 nitrogen and oxygen atoms in total. The summed E-state index contributed by atoms with van der Waals surface area (Å²) in [5.41, 5.74) is 8.21. The number of benzene rings is 6. The second-order valence-electron chi connectivity index (χ2n) is 14.9. The molecule has 2 heterocycles. The van der Waals surface area contributed by atoms with E-state index in [1.54, 1.807) is 0 Å². The topological polar surface area (TPSA) is 71.9 Å². The Morgan fingerprint density at radius 3 is 1.59 bits per heavy atom. The summed E-state index contributed by atoms with van der Waals surface area (Å²) in [4.78, 5) is 0. The van der Waals surface area contributed by atoms with Crippen molar-refractivity contribution < 1.29 is 23.7 Å². The third-order valence-electron chi connectivity index (χ3n) is 10.5. The Labute approximate surface area is 363 Å². The van der Waals surface area contributed by atoms with Crippen molar-refractivity contribution in [1.29, 1.82) is 0 Å². The van der Waals surface area contributed by atoms with Gasteiger partial charge < -0.3 is 23.7 Å². The Kier molecular flexibility index (Phi) is 14.7. The van der Waals surface area contributed by atoms with E-state index < -0.39 is 30.5 Å². The fourth-order valence-electron chi connectivity index (χ4n) is 7.34. The first-order chi connectivity index (χ1) is 30.1. The first-order valence-corrected chi connectivity index (χ1v) is 20.9. The quantitative estimate of drug-likeness (QED) is 0.0899. The van der Waals surface area contributed by atoms with E-state index >= 15 is 0 Å². The van der Waals surface area contributed by atoms with Crippen LogP contribution in [0.25, 0.3) is 0 Å². The van der Waals surface area contributed by atoms with Gasteiger partial charge in [0.05, 0.1) is 38.7 Å². The van der Waals surface area contributed by atoms with Crippen LogP contribution >= 0.6 is 11.6 Å². The first kappa shape index (κ1) is 41.8. The van der Waals surface area contributed by atoms with E-state index in [-0.39, 0.29) is 6.61 Å². The Balaban J connectivity index is 1.12. The van der Waals surface area contributed by atoms with Crippen molar-refractivity contribution in [3.8, 4) is 11.8 Å². The summed E-state index contributed by atoms with van der Waals surface area (Å²) in [6.07, 6.45) is -2.36. The van der Waals surface area contributed by atoms with Gasteiger partial charge in [-0.1, -0.05) is 169 Å². The van der Waals surface area contributed by atoms with E-state index in [0.29, 0.717) is 43.6 Å². The minimum Gasteiger partial charge on any atom is -0.374 e. The van der Waals surface area contributed by atoms with E-state index in [1.807, 2.05) is 127 Å². The Bertz CT molecular complexity index is 2450. The molecule has 306 valence electrons. The van der Waals surface area contributed by atoms with Crippen molar-refractivity contribution >= 4 is 11.6 Å². The number of hydrogen-bond acceptors (Lipinski definition) is 7. The minimum absolute atomic E-state index is 0.261. The van der Waals surface area contributed by atoms with Gasteiger partial charge in [0.2, 0.25) is 0 Å². The summed E-state index contributed by atoms with van der Waals surface area (Å²) in [5, 5.41) is 9.53. The maximum atomic E-state index is 7.18. The summed E-state index contributed by atoms with van der Waals surface area (Å²) in [6, 6.07) is 60.2. The van der Waals surface area contributed by atoms with Crippen LogP contribution in [0, 0.1) is 11.8 Å². The molecule has 1 aromatic heterocycles. The molecule has 0 amide bonds. The normalized spacial score (nSPS) is 18.5. The molecule has 6 aromatic carbocycles. The summed E-state index contributed by atoms with van der Waals surface area (Å²) in [6.45, 7) is 1.73. The second-order valence-corrected chi connectivity index (χ2v) is 15.3. The van der Waals surface area contributed by atoms with Crippen LogP contribution < -0.4 is 0 Å². The van der Waals surface area contributed by atoms with Gasteiger partial charge in [0.1, 0.15) is 36.2 Å². The van der Waals surface area contributed by atoms with Crippen molar-refractivity contribution in [1.82, 2.24) is 10.2 Å². The molecular formula is C53H47ClN2O5. The molecule has 1 aliphatic heterocycles. The lowest BCUT2D eigenvalue weighted by molar-refractivity contribution is -0.275. The van der Waals surface area contributed by atoms with Crippen LogP contribution in [0.2, 0.25) is 5.02 Å². The zero-order valence-electron chi connectivity index (χ0n) is 33.8. The minimum atomic E-state index is -0.591. The lowest BCUT2D eigenvalue weighted by Gasteiger charge is -2.46. The highest BCUT2D eigenvalue weighted by atomic mass is 35.5. The van der Waals surface area contributed by atoms with Crippen LogP contribution in [0.1, 0.15) is 56.4 Å². The molecule has 8 rings (SSSR count). The van der Waals surface area contributed by atoms with Gasteiger partial charge in [0, 0.05) is 17.0 Å². The van der Waals surface area contributed by atoms with Crippen LogP contribution in [0.15, 0.2) is 182 Å². The highest BCUT2D eigenvalue weighted by molar-refractivity contribution is 6.31. The van der Waals surface area contributed by atoms with Gasteiger partial charge in [-0.05, 0) is 69.6 Å². The van der Waals surface area contributed by atoms with Gasteiger partial charge in [-0.3, -0.25) is 0 Å². The lowest BCUT2D eigenvalue weighted by Crippen LogP contribution is -2.58. The van der Waals surface area contributed by atoms with Crippen molar-refractivity contribution in [2.75, 3.05) is 6.61 Å². The van der Waals surface area contributed by atoms with Crippen LogP contribution in [-0.4, -0.2) is 41.2 Å². The molecule has 0 aliphatic carbocycles. The van der Waals surface area contributed by atoms with E-state index in [2.05, 4.69) is 76.6 Å². The standard InChI is InChI=1S/C53H47ClN2O5/c54-48-31-27-44(32-45(48)33-47-30-29-46(55-56-47)28-26-39-16-6-1-7-17-39)50-52(59-36-42-22-12-4-13-23-42)53(60-37-43-24-14-5-15-25-43)51(58-35-41-20-10-3-11-21-41)49(61-50)38-57-34-40-18-8-2-9-19-40/h1-25,27,29-32,49-53H,33-38H2. The molecule has 5 atom stereocenters. The molecule has 0 bridgehead atoms. The van der Waals surface area contributed by atoms with Crippen molar-refractivity contribution in [3.05, 3.63) is 237 Å². The van der Waals surface area contributed by atoms with Gasteiger partial charge in [-0.2, -0.15) is 5.10 Å². The molecule has 5 unspecified atom stereocenters. The number of hydrogen-bond donors (Lipinski definition) is 0. The monoisotopic (exact) mass is 826 g/mol. The predicted octanol–water partition coefficient (Wildman–Crippen LogP) is 10.5. The second kappa shape index (κ2) is 21.5. The Morgan fingerprint density at radius 1 is 0.508 bits per heavy atom. The zero-order chi connectivity index (χ0) is 41.5. The van der Waals surface area contributed by atoms with E-state index in [9.17, 15) is 0 Å². The van der Waals surface area contributed by atoms with E-state index in [0.717, 1.165) is 44.6 Å². The van der Waals surface area contributed by atoms with Gasteiger partial charge in [-0.15, -0.1) is 5.10 Å². The summed E-state index contributed by atoms with van der Waals surface area (Å²) < 4.78 is 34.4. The van der Waals surface area contributed by atoms with Gasteiger partial charge >= 0.3 is 0 Å². The molecule has 0 N–H and O–H groups in total. The third kappa shape index (κ3) is 11.9. The van der Waals surface area contributed by atoms with Crippen LogP contribution in [0.4, 0.5) is 0 Å². The Morgan fingerprint density at radius 2 is 1.03 bits per heavy atom. The summed E-state index contributed by atoms with van der Waals surface area (Å²) in [5.74, 6) is 6.25. The maximum absolute atomic E-state index is 7.18. The molecule has 61 heavy (non-hydrogen) atoms. The first-order valence-electron chi connectivity index (χ1n) is 20.6. The lowest BCUT2D eigenvalue weighted by atomic mass is 9.89. The largest absolute Gasteiger partial charge is 0.374 e. The van der Waals surface area contributed by atoms with Crippen LogP contribution in [0.3, 0.4) is 0 Å². The molecule has 7 aromatic rings. The summed E-state index contributed by atoms with van der Waals surface area (Å²) in [7, 11) is 0. The maximum Gasteiger partial charge on any atom is 0.136 e. The highest BCUT2D eigenvalue weighted by Gasteiger charge is 2.49. The molecular weight excluding hydrogens is 780 g/mol. The molecule has 8 heteroatoms. The fraction of sp³-hybridized carbons (Fsp3) is 0.208. The molecule has 0 radical (unpaired) electrons. The number of rotatable bonds is 16. The molecule has 0 saturated carbocycles. The summed E-state index contributed by atoms with van der Waals surface area (Å²) >= 11 is 6.93. The number of aromatic nitrogens is 2.